The van der Waals surface area contributed by atoms with Crippen LogP contribution in [0.4, 0.5) is 0 Å². The van der Waals surface area contributed by atoms with Crippen LogP contribution in [0.3, 0.4) is 0 Å². The van der Waals surface area contributed by atoms with Gasteiger partial charge in [0.1, 0.15) is 5.82 Å². The Balaban J connectivity index is 2.21. The zero-order chi connectivity index (χ0) is 14.2. The second kappa shape index (κ2) is 5.38. The number of rotatable bonds is 4. The molecule has 0 saturated heterocycles. The number of imidazole rings is 1. The fraction of sp³-hybridized carbons (Fsp3) is 0.562. The van der Waals surface area contributed by atoms with Crippen LogP contribution in [0.25, 0.3) is 11.0 Å². The summed E-state index contributed by atoms with van der Waals surface area (Å²) in [4.78, 5) is 4.92. The summed E-state index contributed by atoms with van der Waals surface area (Å²) in [6.07, 6.45) is 5.92. The van der Waals surface area contributed by atoms with E-state index in [1.165, 1.54) is 18.7 Å². The monoisotopic (exact) mass is 291 g/mol. The molecule has 0 unspecified atom stereocenters. The lowest BCUT2D eigenvalue weighted by atomic mass is 9.85. The summed E-state index contributed by atoms with van der Waals surface area (Å²) in [7, 11) is 0. The van der Waals surface area contributed by atoms with Crippen LogP contribution in [-0.4, -0.2) is 16.1 Å². The Morgan fingerprint density at radius 3 is 2.75 bits per heavy atom. The zero-order valence-electron chi connectivity index (χ0n) is 12.0. The average molecular weight is 292 g/mol. The molecule has 108 valence electrons. The van der Waals surface area contributed by atoms with Gasteiger partial charge in [0.15, 0.2) is 0 Å². The molecule has 4 heteroatoms. The number of halogens is 1. The number of benzene rings is 1. The molecular weight excluding hydrogens is 270 g/mol. The van der Waals surface area contributed by atoms with E-state index in [1.807, 2.05) is 18.2 Å². The van der Waals surface area contributed by atoms with Crippen molar-refractivity contribution in [3.8, 4) is 0 Å². The van der Waals surface area contributed by atoms with Gasteiger partial charge in [-0.1, -0.05) is 31.4 Å². The highest BCUT2D eigenvalue weighted by molar-refractivity contribution is 6.31. The summed E-state index contributed by atoms with van der Waals surface area (Å²) in [6.45, 7) is 3.87. The van der Waals surface area contributed by atoms with Crippen molar-refractivity contribution in [2.75, 3.05) is 6.54 Å². The molecule has 20 heavy (non-hydrogen) atoms. The van der Waals surface area contributed by atoms with Crippen molar-refractivity contribution in [1.29, 1.82) is 0 Å². The van der Waals surface area contributed by atoms with Gasteiger partial charge < -0.3 is 10.3 Å². The van der Waals surface area contributed by atoms with E-state index in [0.717, 1.165) is 41.9 Å². The summed E-state index contributed by atoms with van der Waals surface area (Å²) in [5, 5.41) is 0.773. The highest BCUT2D eigenvalue weighted by atomic mass is 35.5. The second-order valence-electron chi connectivity index (χ2n) is 5.91. The van der Waals surface area contributed by atoms with Gasteiger partial charge in [-0.3, -0.25) is 0 Å². The van der Waals surface area contributed by atoms with Crippen LogP contribution in [0.1, 0.15) is 44.9 Å². The molecule has 1 fully saturated rings. The standard InChI is InChI=1S/C16H22ClN3/c1-2-9-20-14-10-12(17)5-6-13(14)19-15(20)16(11-18)7-3-4-8-16/h5-6,10H,2-4,7-9,11,18H2,1H3. The first-order valence-corrected chi connectivity index (χ1v) is 7.94. The van der Waals surface area contributed by atoms with Crippen molar-refractivity contribution in [2.24, 2.45) is 5.73 Å². The molecule has 1 aliphatic carbocycles. The van der Waals surface area contributed by atoms with Crippen molar-refractivity contribution in [2.45, 2.75) is 51.0 Å². The first kappa shape index (κ1) is 13.9. The number of fused-ring (bicyclic) bond motifs is 1. The third-order valence-electron chi connectivity index (χ3n) is 4.58. The summed E-state index contributed by atoms with van der Waals surface area (Å²) >= 11 is 6.16. The number of nitrogens with zero attached hydrogens (tertiary/aromatic N) is 2. The van der Waals surface area contributed by atoms with Crippen LogP contribution < -0.4 is 5.73 Å². The van der Waals surface area contributed by atoms with E-state index in [-0.39, 0.29) is 5.41 Å². The molecular formula is C16H22ClN3. The predicted molar refractivity (Wildman–Crippen MR) is 84.2 cm³/mol. The van der Waals surface area contributed by atoms with Crippen LogP contribution in [0.15, 0.2) is 18.2 Å². The number of aromatic nitrogens is 2. The van der Waals surface area contributed by atoms with E-state index in [4.69, 9.17) is 22.3 Å². The van der Waals surface area contributed by atoms with Gasteiger partial charge >= 0.3 is 0 Å². The first-order chi connectivity index (χ1) is 9.70. The van der Waals surface area contributed by atoms with Crippen molar-refractivity contribution >= 4 is 22.6 Å². The minimum atomic E-state index is 0.0701. The molecule has 1 aromatic heterocycles. The Bertz CT molecular complexity index is 611. The van der Waals surface area contributed by atoms with E-state index >= 15 is 0 Å². The lowest BCUT2D eigenvalue weighted by molar-refractivity contribution is 0.404. The molecule has 0 bridgehead atoms. The maximum Gasteiger partial charge on any atom is 0.117 e. The third-order valence-corrected chi connectivity index (χ3v) is 4.82. The lowest BCUT2D eigenvalue weighted by Gasteiger charge is -2.27. The van der Waals surface area contributed by atoms with Crippen molar-refractivity contribution in [3.63, 3.8) is 0 Å². The molecule has 0 spiro atoms. The molecule has 0 atom stereocenters. The van der Waals surface area contributed by atoms with E-state index < -0.39 is 0 Å². The molecule has 1 saturated carbocycles. The highest BCUT2D eigenvalue weighted by Crippen LogP contribution is 2.41. The van der Waals surface area contributed by atoms with Gasteiger partial charge in [-0.2, -0.15) is 0 Å². The lowest BCUT2D eigenvalue weighted by Crippen LogP contribution is -2.35. The summed E-state index contributed by atoms with van der Waals surface area (Å²) < 4.78 is 2.35. The Morgan fingerprint density at radius 2 is 2.10 bits per heavy atom. The molecule has 0 radical (unpaired) electrons. The average Bonchev–Trinajstić information content (AvgIpc) is 3.05. The Labute approximate surface area is 125 Å². The largest absolute Gasteiger partial charge is 0.329 e. The maximum absolute atomic E-state index is 6.16. The van der Waals surface area contributed by atoms with Gasteiger partial charge in [0.25, 0.3) is 0 Å². The van der Waals surface area contributed by atoms with Gasteiger partial charge in [0.2, 0.25) is 0 Å². The first-order valence-electron chi connectivity index (χ1n) is 7.56. The number of hydrogen-bond donors (Lipinski definition) is 1. The predicted octanol–water partition coefficient (Wildman–Crippen LogP) is 3.87. The van der Waals surface area contributed by atoms with Gasteiger partial charge in [-0.15, -0.1) is 0 Å². The van der Waals surface area contributed by atoms with Crippen LogP contribution in [0, 0.1) is 0 Å². The fourth-order valence-corrected chi connectivity index (χ4v) is 3.69. The summed E-state index contributed by atoms with van der Waals surface area (Å²) in [6, 6.07) is 5.97. The van der Waals surface area contributed by atoms with Crippen molar-refractivity contribution < 1.29 is 0 Å². The van der Waals surface area contributed by atoms with Gasteiger partial charge in [0, 0.05) is 23.5 Å². The quantitative estimate of drug-likeness (QED) is 0.929. The molecule has 3 rings (SSSR count). The van der Waals surface area contributed by atoms with E-state index in [2.05, 4.69) is 11.5 Å². The SMILES string of the molecule is CCCn1c(C2(CN)CCCC2)nc2ccc(Cl)cc21. The zero-order valence-corrected chi connectivity index (χ0v) is 12.8. The second-order valence-corrected chi connectivity index (χ2v) is 6.35. The molecule has 2 N–H and O–H groups in total. The molecule has 0 amide bonds. The molecule has 1 aromatic carbocycles. The van der Waals surface area contributed by atoms with Crippen LogP contribution in [0.5, 0.6) is 0 Å². The van der Waals surface area contributed by atoms with Crippen LogP contribution in [0.2, 0.25) is 5.02 Å². The van der Waals surface area contributed by atoms with E-state index in [0.29, 0.717) is 6.54 Å². The number of aryl methyl sites for hydroxylation is 1. The third kappa shape index (κ3) is 2.13. The van der Waals surface area contributed by atoms with Crippen LogP contribution in [-0.2, 0) is 12.0 Å². The fourth-order valence-electron chi connectivity index (χ4n) is 3.52. The Kier molecular flexibility index (Phi) is 3.74. The van der Waals surface area contributed by atoms with Crippen molar-refractivity contribution in [1.82, 2.24) is 9.55 Å². The van der Waals surface area contributed by atoms with Gasteiger partial charge in [0.05, 0.1) is 11.0 Å². The van der Waals surface area contributed by atoms with E-state index in [1.54, 1.807) is 0 Å². The van der Waals surface area contributed by atoms with Crippen molar-refractivity contribution in [3.05, 3.63) is 29.0 Å². The minimum Gasteiger partial charge on any atom is -0.329 e. The van der Waals surface area contributed by atoms with E-state index in [9.17, 15) is 0 Å². The summed E-state index contributed by atoms with van der Waals surface area (Å²) in [5.74, 6) is 1.18. The summed E-state index contributed by atoms with van der Waals surface area (Å²) in [5.41, 5.74) is 8.40. The molecule has 1 aliphatic rings. The highest BCUT2D eigenvalue weighted by Gasteiger charge is 2.38. The van der Waals surface area contributed by atoms with Gasteiger partial charge in [-0.25, -0.2) is 4.98 Å². The number of nitrogens with two attached hydrogens (primary N) is 1. The Morgan fingerprint density at radius 1 is 1.35 bits per heavy atom. The maximum atomic E-state index is 6.16. The molecule has 0 aliphatic heterocycles. The topological polar surface area (TPSA) is 43.8 Å². The van der Waals surface area contributed by atoms with Gasteiger partial charge in [-0.05, 0) is 37.5 Å². The van der Waals surface area contributed by atoms with Crippen LogP contribution >= 0.6 is 11.6 Å². The normalized spacial score (nSPS) is 17.9. The number of hydrogen-bond acceptors (Lipinski definition) is 2. The molecule has 3 nitrogen and oxygen atoms in total. The smallest absolute Gasteiger partial charge is 0.117 e. The Hall–Kier alpha value is -1.06. The molecule has 2 aromatic rings. The molecule has 1 heterocycles. The minimum absolute atomic E-state index is 0.0701.